The summed E-state index contributed by atoms with van der Waals surface area (Å²) in [5, 5.41) is 0. The van der Waals surface area contributed by atoms with Crippen molar-refractivity contribution in [2.24, 2.45) is 5.84 Å². The fraction of sp³-hybridized carbons (Fsp3) is 0.0909. The van der Waals surface area contributed by atoms with Crippen molar-refractivity contribution >= 4 is 21.5 Å². The predicted octanol–water partition coefficient (Wildman–Crippen LogP) is 0.871. The zero-order valence-corrected chi connectivity index (χ0v) is 11.0. The van der Waals surface area contributed by atoms with Gasteiger partial charge in [-0.05, 0) is 31.2 Å². The first-order valence-electron chi connectivity index (χ1n) is 5.40. The Labute approximate surface area is 110 Å². The fourth-order valence-electron chi connectivity index (χ4n) is 1.51. The molecule has 0 aliphatic carbocycles. The number of nitrogen functional groups attached to an aromatic ring is 1. The van der Waals surface area contributed by atoms with Crippen LogP contribution in [0.2, 0.25) is 0 Å². The van der Waals surface area contributed by atoms with Gasteiger partial charge in [0.05, 0.1) is 11.4 Å². The summed E-state index contributed by atoms with van der Waals surface area (Å²) in [4.78, 5) is 7.85. The van der Waals surface area contributed by atoms with E-state index in [1.807, 2.05) is 0 Å². The minimum atomic E-state index is -3.77. The van der Waals surface area contributed by atoms with Gasteiger partial charge >= 0.3 is 0 Å². The zero-order valence-electron chi connectivity index (χ0n) is 10.2. The van der Waals surface area contributed by atoms with Crippen molar-refractivity contribution in [3.8, 4) is 0 Å². The molecule has 7 nitrogen and oxygen atoms in total. The van der Waals surface area contributed by atoms with Crippen molar-refractivity contribution in [2.45, 2.75) is 11.8 Å². The number of nitrogens with one attached hydrogen (secondary N) is 2. The molecule has 0 atom stereocenters. The summed E-state index contributed by atoms with van der Waals surface area (Å²) in [5.74, 6) is 5.33. The van der Waals surface area contributed by atoms with Crippen LogP contribution in [0.4, 0.5) is 11.5 Å². The molecule has 0 fully saturated rings. The molecule has 0 amide bonds. The first-order chi connectivity index (χ1) is 9.04. The van der Waals surface area contributed by atoms with Crippen LogP contribution in [-0.4, -0.2) is 18.4 Å². The molecule has 4 N–H and O–H groups in total. The Morgan fingerprint density at radius 2 is 1.84 bits per heavy atom. The predicted molar refractivity (Wildman–Crippen MR) is 71.8 cm³/mol. The number of pyridine rings is 2. The van der Waals surface area contributed by atoms with Crippen molar-refractivity contribution in [2.75, 3.05) is 10.1 Å². The van der Waals surface area contributed by atoms with Gasteiger partial charge in [0.1, 0.15) is 4.90 Å². The summed E-state index contributed by atoms with van der Waals surface area (Å²) in [6.07, 6.45) is 3.04. The number of nitrogens with two attached hydrogens (primary N) is 1. The SMILES string of the molecule is Cc1ncccc1NS(=O)(=O)c1cccnc1NN. The molecule has 0 spiro atoms. The molecule has 0 aliphatic rings. The normalized spacial score (nSPS) is 11.1. The Kier molecular flexibility index (Phi) is 3.63. The summed E-state index contributed by atoms with van der Waals surface area (Å²) in [6.45, 7) is 1.71. The Bertz CT molecular complexity index is 687. The Morgan fingerprint density at radius 3 is 2.53 bits per heavy atom. The third kappa shape index (κ3) is 2.80. The van der Waals surface area contributed by atoms with Gasteiger partial charge in [-0.3, -0.25) is 9.71 Å². The van der Waals surface area contributed by atoms with Gasteiger partial charge in [-0.1, -0.05) is 0 Å². The number of hydrogen-bond acceptors (Lipinski definition) is 6. The number of hydrogen-bond donors (Lipinski definition) is 3. The van der Waals surface area contributed by atoms with Crippen LogP contribution in [0, 0.1) is 6.92 Å². The van der Waals surface area contributed by atoms with Gasteiger partial charge in [0.2, 0.25) is 0 Å². The third-order valence-electron chi connectivity index (χ3n) is 2.45. The average Bonchev–Trinajstić information content (AvgIpc) is 2.41. The number of anilines is 2. The first-order valence-corrected chi connectivity index (χ1v) is 6.89. The van der Waals surface area contributed by atoms with Crippen LogP contribution in [0.3, 0.4) is 0 Å². The standard InChI is InChI=1S/C11H13N5O2S/c1-8-9(4-2-6-13-8)16-19(17,18)10-5-3-7-14-11(10)15-12/h2-7,16H,12H2,1H3,(H,14,15). The van der Waals surface area contributed by atoms with Crippen LogP contribution in [0.1, 0.15) is 5.69 Å². The molecule has 0 saturated carbocycles. The molecule has 0 radical (unpaired) electrons. The molecule has 0 unspecified atom stereocenters. The smallest absolute Gasteiger partial charge is 0.265 e. The molecule has 2 rings (SSSR count). The maximum absolute atomic E-state index is 12.3. The molecule has 0 aliphatic heterocycles. The van der Waals surface area contributed by atoms with Gasteiger partial charge < -0.3 is 5.43 Å². The van der Waals surface area contributed by atoms with E-state index in [0.29, 0.717) is 11.4 Å². The van der Waals surface area contributed by atoms with Crippen LogP contribution in [-0.2, 0) is 10.0 Å². The molecular weight excluding hydrogens is 266 g/mol. The Hall–Kier alpha value is -2.19. The van der Waals surface area contributed by atoms with E-state index in [1.165, 1.54) is 18.3 Å². The van der Waals surface area contributed by atoms with Gasteiger partial charge in [-0.25, -0.2) is 19.2 Å². The zero-order chi connectivity index (χ0) is 13.9. The van der Waals surface area contributed by atoms with Crippen molar-refractivity contribution < 1.29 is 8.42 Å². The maximum atomic E-state index is 12.3. The molecule has 2 aromatic rings. The lowest BCUT2D eigenvalue weighted by molar-refractivity contribution is 0.601. The van der Waals surface area contributed by atoms with Gasteiger partial charge in [-0.15, -0.1) is 0 Å². The monoisotopic (exact) mass is 279 g/mol. The molecule has 100 valence electrons. The van der Waals surface area contributed by atoms with E-state index in [4.69, 9.17) is 5.84 Å². The number of aryl methyl sites for hydroxylation is 1. The molecule has 0 aromatic carbocycles. The lowest BCUT2D eigenvalue weighted by atomic mass is 10.3. The second kappa shape index (κ2) is 5.21. The summed E-state index contributed by atoms with van der Waals surface area (Å²) in [6, 6.07) is 6.21. The van der Waals surface area contributed by atoms with E-state index < -0.39 is 10.0 Å². The third-order valence-corrected chi connectivity index (χ3v) is 3.85. The van der Waals surface area contributed by atoms with E-state index >= 15 is 0 Å². The number of rotatable bonds is 4. The van der Waals surface area contributed by atoms with Crippen molar-refractivity contribution in [3.05, 3.63) is 42.4 Å². The number of sulfonamides is 1. The molecule has 2 heterocycles. The van der Waals surface area contributed by atoms with Crippen molar-refractivity contribution in [3.63, 3.8) is 0 Å². The second-order valence-corrected chi connectivity index (χ2v) is 5.39. The van der Waals surface area contributed by atoms with E-state index in [9.17, 15) is 8.42 Å². The van der Waals surface area contributed by atoms with Gasteiger partial charge in [0.25, 0.3) is 10.0 Å². The Morgan fingerprint density at radius 1 is 1.16 bits per heavy atom. The van der Waals surface area contributed by atoms with Crippen LogP contribution in [0.25, 0.3) is 0 Å². The minimum Gasteiger partial charge on any atom is -0.307 e. The van der Waals surface area contributed by atoms with Gasteiger partial charge in [0, 0.05) is 12.4 Å². The number of nitrogens with zero attached hydrogens (tertiary/aromatic N) is 2. The molecular formula is C11H13N5O2S. The lowest BCUT2D eigenvalue weighted by Crippen LogP contribution is -2.19. The highest BCUT2D eigenvalue weighted by molar-refractivity contribution is 7.92. The highest BCUT2D eigenvalue weighted by Crippen LogP contribution is 2.21. The van der Waals surface area contributed by atoms with Crippen LogP contribution in [0.5, 0.6) is 0 Å². The molecule has 0 saturated heterocycles. The quantitative estimate of drug-likeness (QED) is 0.566. The van der Waals surface area contributed by atoms with Gasteiger partial charge in [0.15, 0.2) is 5.82 Å². The average molecular weight is 279 g/mol. The summed E-state index contributed by atoms with van der Waals surface area (Å²) in [7, 11) is -3.77. The number of aromatic nitrogens is 2. The summed E-state index contributed by atoms with van der Waals surface area (Å²) >= 11 is 0. The first kappa shape index (κ1) is 13.2. The topological polar surface area (TPSA) is 110 Å². The van der Waals surface area contributed by atoms with Crippen LogP contribution >= 0.6 is 0 Å². The van der Waals surface area contributed by atoms with Gasteiger partial charge in [-0.2, -0.15) is 0 Å². The van der Waals surface area contributed by atoms with E-state index in [0.717, 1.165) is 0 Å². The van der Waals surface area contributed by atoms with E-state index in [-0.39, 0.29) is 10.7 Å². The van der Waals surface area contributed by atoms with E-state index in [1.54, 1.807) is 25.3 Å². The van der Waals surface area contributed by atoms with E-state index in [2.05, 4.69) is 20.1 Å². The van der Waals surface area contributed by atoms with Crippen LogP contribution in [0.15, 0.2) is 41.6 Å². The lowest BCUT2D eigenvalue weighted by Gasteiger charge is -2.11. The molecule has 8 heteroatoms. The fourth-order valence-corrected chi connectivity index (χ4v) is 2.75. The largest absolute Gasteiger partial charge is 0.307 e. The molecule has 19 heavy (non-hydrogen) atoms. The number of hydrazine groups is 1. The highest BCUT2D eigenvalue weighted by atomic mass is 32.2. The van der Waals surface area contributed by atoms with Crippen LogP contribution < -0.4 is 16.0 Å². The van der Waals surface area contributed by atoms with Crippen molar-refractivity contribution in [1.29, 1.82) is 0 Å². The Balaban J connectivity index is 2.41. The molecule has 0 bridgehead atoms. The molecule has 2 aromatic heterocycles. The maximum Gasteiger partial charge on any atom is 0.265 e. The summed E-state index contributed by atoms with van der Waals surface area (Å²) in [5.41, 5.74) is 3.25. The summed E-state index contributed by atoms with van der Waals surface area (Å²) < 4.78 is 27.0. The minimum absolute atomic E-state index is 0.0271. The van der Waals surface area contributed by atoms with Crippen molar-refractivity contribution in [1.82, 2.24) is 9.97 Å². The second-order valence-electron chi connectivity index (χ2n) is 3.74. The highest BCUT2D eigenvalue weighted by Gasteiger charge is 2.19.